The SMILES string of the molecule is CN1C[C@@H](C(F)(F)F)[C@H](C(N)=O)C1. The maximum absolute atomic E-state index is 12.3. The predicted molar refractivity (Wildman–Crippen MR) is 39.7 cm³/mol. The fourth-order valence-corrected chi connectivity index (χ4v) is 1.62. The van der Waals surface area contributed by atoms with Gasteiger partial charge < -0.3 is 10.6 Å². The summed E-state index contributed by atoms with van der Waals surface area (Å²) in [6.45, 7) is -0.0450. The number of hydrogen-bond donors (Lipinski definition) is 1. The zero-order valence-electron chi connectivity index (χ0n) is 7.14. The highest BCUT2D eigenvalue weighted by molar-refractivity contribution is 5.77. The zero-order valence-corrected chi connectivity index (χ0v) is 7.14. The van der Waals surface area contributed by atoms with Crippen molar-refractivity contribution in [1.82, 2.24) is 4.90 Å². The van der Waals surface area contributed by atoms with Crippen molar-refractivity contribution in [3.63, 3.8) is 0 Å². The van der Waals surface area contributed by atoms with Crippen molar-refractivity contribution in [2.45, 2.75) is 6.18 Å². The van der Waals surface area contributed by atoms with Crippen molar-refractivity contribution >= 4 is 5.91 Å². The van der Waals surface area contributed by atoms with Gasteiger partial charge in [-0.1, -0.05) is 0 Å². The summed E-state index contributed by atoms with van der Waals surface area (Å²) in [5.74, 6) is -3.56. The van der Waals surface area contributed by atoms with E-state index in [9.17, 15) is 18.0 Å². The number of likely N-dealkylation sites (tertiary alicyclic amines) is 1. The van der Waals surface area contributed by atoms with Crippen LogP contribution in [0.15, 0.2) is 0 Å². The van der Waals surface area contributed by atoms with Gasteiger partial charge in [-0.2, -0.15) is 13.2 Å². The Kier molecular flexibility index (Phi) is 2.51. The lowest BCUT2D eigenvalue weighted by Gasteiger charge is -2.18. The van der Waals surface area contributed by atoms with Crippen molar-refractivity contribution in [3.05, 3.63) is 0 Å². The van der Waals surface area contributed by atoms with E-state index in [1.54, 1.807) is 7.05 Å². The van der Waals surface area contributed by atoms with Crippen molar-refractivity contribution < 1.29 is 18.0 Å². The highest BCUT2D eigenvalue weighted by Gasteiger charge is 2.50. The molecular formula is C7H11F3N2O. The second kappa shape index (κ2) is 3.17. The van der Waals surface area contributed by atoms with Gasteiger partial charge in [0.05, 0.1) is 11.8 Å². The number of nitrogens with two attached hydrogens (primary N) is 1. The molecule has 0 spiro atoms. The average molecular weight is 196 g/mol. The Balaban J connectivity index is 2.78. The first-order chi connectivity index (χ1) is 5.82. The lowest BCUT2D eigenvalue weighted by atomic mass is 9.95. The molecule has 6 heteroatoms. The predicted octanol–water partition coefficient (Wildman–Crippen LogP) is 0.212. The van der Waals surface area contributed by atoms with E-state index in [0.29, 0.717) is 0 Å². The molecule has 0 radical (unpaired) electrons. The number of carbonyl (C=O) groups is 1. The summed E-state index contributed by atoms with van der Waals surface area (Å²) in [6.07, 6.45) is -4.33. The van der Waals surface area contributed by atoms with Crippen LogP contribution in [0.2, 0.25) is 0 Å². The smallest absolute Gasteiger partial charge is 0.369 e. The molecule has 1 rings (SSSR count). The van der Waals surface area contributed by atoms with Crippen LogP contribution in [-0.4, -0.2) is 37.1 Å². The van der Waals surface area contributed by atoms with E-state index in [0.717, 1.165) is 0 Å². The van der Waals surface area contributed by atoms with E-state index >= 15 is 0 Å². The highest BCUT2D eigenvalue weighted by Crippen LogP contribution is 2.36. The van der Waals surface area contributed by atoms with Gasteiger partial charge in [-0.3, -0.25) is 4.79 Å². The molecule has 76 valence electrons. The topological polar surface area (TPSA) is 46.3 Å². The minimum atomic E-state index is -4.33. The van der Waals surface area contributed by atoms with Crippen LogP contribution in [0.5, 0.6) is 0 Å². The molecule has 2 atom stereocenters. The third-order valence-corrected chi connectivity index (χ3v) is 2.29. The number of primary amides is 1. The van der Waals surface area contributed by atoms with Crippen LogP contribution in [0, 0.1) is 11.8 Å². The Morgan fingerprint density at radius 1 is 1.46 bits per heavy atom. The lowest BCUT2D eigenvalue weighted by molar-refractivity contribution is -0.182. The standard InChI is InChI=1S/C7H11F3N2O/c1-12-2-4(6(11)13)5(3-12)7(8,9)10/h4-5H,2-3H2,1H3,(H2,11,13)/t4-,5-/m1/s1. The third kappa shape index (κ3) is 2.12. The number of carbonyl (C=O) groups excluding carboxylic acids is 1. The number of alkyl halides is 3. The molecule has 0 unspecified atom stereocenters. The lowest BCUT2D eigenvalue weighted by Crippen LogP contribution is -2.37. The number of rotatable bonds is 1. The summed E-state index contributed by atoms with van der Waals surface area (Å²) >= 11 is 0. The molecule has 0 aromatic rings. The number of nitrogens with zero attached hydrogens (tertiary/aromatic N) is 1. The van der Waals surface area contributed by atoms with Crippen molar-refractivity contribution in [3.8, 4) is 0 Å². The summed E-state index contributed by atoms with van der Waals surface area (Å²) in [5, 5.41) is 0. The maximum Gasteiger partial charge on any atom is 0.393 e. The van der Waals surface area contributed by atoms with Crippen LogP contribution in [0.3, 0.4) is 0 Å². The van der Waals surface area contributed by atoms with Gasteiger partial charge in [0.2, 0.25) is 5.91 Å². The van der Waals surface area contributed by atoms with Crippen molar-refractivity contribution in [2.75, 3.05) is 20.1 Å². The molecule has 1 heterocycles. The van der Waals surface area contributed by atoms with Crippen LogP contribution in [0.4, 0.5) is 13.2 Å². The second-order valence-corrected chi connectivity index (χ2v) is 3.38. The molecule has 0 bridgehead atoms. The number of hydrogen-bond acceptors (Lipinski definition) is 2. The summed E-state index contributed by atoms with van der Waals surface area (Å²) in [5.41, 5.74) is 4.88. The molecule has 1 fully saturated rings. The monoisotopic (exact) mass is 196 g/mol. The summed E-state index contributed by atoms with van der Waals surface area (Å²) in [6, 6.07) is 0. The molecule has 2 N–H and O–H groups in total. The van der Waals surface area contributed by atoms with Gasteiger partial charge >= 0.3 is 6.18 Å². The minimum Gasteiger partial charge on any atom is -0.369 e. The summed E-state index contributed by atoms with van der Waals surface area (Å²) in [7, 11) is 1.54. The fraction of sp³-hybridized carbons (Fsp3) is 0.857. The Labute approximate surface area is 73.7 Å². The number of halogens is 3. The summed E-state index contributed by atoms with van der Waals surface area (Å²) in [4.78, 5) is 12.2. The Bertz CT molecular complexity index is 216. The molecule has 0 saturated carbocycles. The van der Waals surface area contributed by atoms with Crippen LogP contribution >= 0.6 is 0 Å². The first-order valence-corrected chi connectivity index (χ1v) is 3.87. The van der Waals surface area contributed by atoms with Crippen molar-refractivity contribution in [2.24, 2.45) is 17.6 Å². The molecule has 0 aliphatic carbocycles. The molecule has 3 nitrogen and oxygen atoms in total. The summed E-state index contributed by atoms with van der Waals surface area (Å²) < 4.78 is 36.9. The van der Waals surface area contributed by atoms with Gasteiger partial charge in [-0.05, 0) is 7.05 Å². The Morgan fingerprint density at radius 3 is 2.31 bits per heavy atom. The van der Waals surface area contributed by atoms with Crippen molar-refractivity contribution in [1.29, 1.82) is 0 Å². The molecule has 1 amide bonds. The van der Waals surface area contributed by atoms with Crippen LogP contribution in [0.25, 0.3) is 0 Å². The van der Waals surface area contributed by atoms with E-state index < -0.39 is 23.9 Å². The van der Waals surface area contributed by atoms with Gasteiger partial charge in [0.15, 0.2) is 0 Å². The molecule has 1 aliphatic rings. The zero-order chi connectivity index (χ0) is 10.2. The molecule has 0 aromatic heterocycles. The molecule has 1 aliphatic heterocycles. The van der Waals surface area contributed by atoms with Gasteiger partial charge in [-0.15, -0.1) is 0 Å². The van der Waals surface area contributed by atoms with Crippen LogP contribution in [0.1, 0.15) is 0 Å². The molecule has 13 heavy (non-hydrogen) atoms. The van der Waals surface area contributed by atoms with Gasteiger partial charge in [-0.25, -0.2) is 0 Å². The largest absolute Gasteiger partial charge is 0.393 e. The van der Waals surface area contributed by atoms with Gasteiger partial charge in [0.1, 0.15) is 0 Å². The first kappa shape index (κ1) is 10.3. The molecule has 0 aromatic carbocycles. The average Bonchev–Trinajstić information content (AvgIpc) is 2.29. The minimum absolute atomic E-state index is 0.0967. The fourth-order valence-electron chi connectivity index (χ4n) is 1.62. The second-order valence-electron chi connectivity index (χ2n) is 3.38. The van der Waals surface area contributed by atoms with Gasteiger partial charge in [0.25, 0.3) is 0 Å². The van der Waals surface area contributed by atoms with Crippen LogP contribution in [-0.2, 0) is 4.79 Å². The normalized spacial score (nSPS) is 30.8. The third-order valence-electron chi connectivity index (χ3n) is 2.29. The Hall–Kier alpha value is -0.780. The quantitative estimate of drug-likeness (QED) is 0.651. The number of amides is 1. The van der Waals surface area contributed by atoms with E-state index in [-0.39, 0.29) is 13.1 Å². The molecular weight excluding hydrogens is 185 g/mol. The highest BCUT2D eigenvalue weighted by atomic mass is 19.4. The van der Waals surface area contributed by atoms with Crippen LogP contribution < -0.4 is 5.73 Å². The van der Waals surface area contributed by atoms with Gasteiger partial charge in [0, 0.05) is 13.1 Å². The Morgan fingerprint density at radius 2 is 2.00 bits per heavy atom. The van der Waals surface area contributed by atoms with E-state index in [4.69, 9.17) is 5.73 Å². The maximum atomic E-state index is 12.3. The van der Waals surface area contributed by atoms with E-state index in [2.05, 4.69) is 0 Å². The van der Waals surface area contributed by atoms with E-state index in [1.807, 2.05) is 0 Å². The first-order valence-electron chi connectivity index (χ1n) is 3.87. The molecule has 1 saturated heterocycles. The van der Waals surface area contributed by atoms with E-state index in [1.165, 1.54) is 4.90 Å².